The van der Waals surface area contributed by atoms with Crippen LogP contribution in [0.4, 0.5) is 0 Å². The average molecular weight is 270 g/mol. The molecule has 0 fully saturated rings. The Balaban J connectivity index is 2.93. The van der Waals surface area contributed by atoms with Crippen molar-refractivity contribution in [1.82, 2.24) is 10.2 Å². The van der Waals surface area contributed by atoms with Gasteiger partial charge in [-0.3, -0.25) is 0 Å². The number of methoxy groups -OCH3 is 1. The van der Waals surface area contributed by atoms with Crippen molar-refractivity contribution < 1.29 is 9.94 Å². The van der Waals surface area contributed by atoms with Crippen molar-refractivity contribution in [3.05, 3.63) is 16.8 Å². The van der Waals surface area contributed by atoms with Crippen molar-refractivity contribution in [2.75, 3.05) is 19.5 Å². The summed E-state index contributed by atoms with van der Waals surface area (Å²) in [6.07, 6.45) is 0.908. The van der Waals surface area contributed by atoms with E-state index in [1.54, 1.807) is 7.11 Å². The summed E-state index contributed by atoms with van der Waals surface area (Å²) < 4.78 is 4.98. The summed E-state index contributed by atoms with van der Waals surface area (Å²) in [5.74, 6) is 0.913. The van der Waals surface area contributed by atoms with Crippen LogP contribution < -0.4 is 5.73 Å². The Labute approximate surface area is 111 Å². The normalized spacial score (nSPS) is 11.8. The minimum atomic E-state index is 0.0692. The summed E-state index contributed by atoms with van der Waals surface area (Å²) in [7, 11) is 1.67. The quantitative estimate of drug-likeness (QED) is 0.202. The number of amidine groups is 1. The molecule has 18 heavy (non-hydrogen) atoms. The van der Waals surface area contributed by atoms with Crippen molar-refractivity contribution in [2.45, 2.75) is 25.3 Å². The lowest BCUT2D eigenvalue weighted by molar-refractivity contribution is 0.200. The van der Waals surface area contributed by atoms with Gasteiger partial charge < -0.3 is 15.7 Å². The van der Waals surface area contributed by atoms with Gasteiger partial charge in [0.05, 0.1) is 11.3 Å². The average Bonchev–Trinajstić information content (AvgIpc) is 2.38. The van der Waals surface area contributed by atoms with Gasteiger partial charge in [-0.2, -0.15) is 5.10 Å². The first-order valence-corrected chi connectivity index (χ1v) is 6.53. The van der Waals surface area contributed by atoms with E-state index in [4.69, 9.17) is 15.7 Å². The summed E-state index contributed by atoms with van der Waals surface area (Å²) in [5.41, 5.74) is 8.01. The summed E-state index contributed by atoms with van der Waals surface area (Å²) in [5, 5.41) is 20.7. The molecule has 0 aliphatic rings. The fraction of sp³-hybridized carbons (Fsp3) is 0.545. The zero-order valence-electron chi connectivity index (χ0n) is 10.8. The highest BCUT2D eigenvalue weighted by Crippen LogP contribution is 2.24. The monoisotopic (exact) mass is 270 g/mol. The van der Waals surface area contributed by atoms with Gasteiger partial charge in [0.1, 0.15) is 5.03 Å². The SMILES string of the molecule is COCCCSc1nnc(C)c(C)c1C(N)=NO. The Hall–Kier alpha value is -1.34. The second-order valence-electron chi connectivity index (χ2n) is 3.77. The lowest BCUT2D eigenvalue weighted by Gasteiger charge is -2.10. The maximum atomic E-state index is 8.82. The number of hydrogen-bond acceptors (Lipinski definition) is 6. The molecular weight excluding hydrogens is 252 g/mol. The summed E-state index contributed by atoms with van der Waals surface area (Å²) in [6, 6.07) is 0. The largest absolute Gasteiger partial charge is 0.409 e. The highest BCUT2D eigenvalue weighted by Gasteiger charge is 2.15. The molecular formula is C11H18N4O2S. The van der Waals surface area contributed by atoms with Crippen LogP contribution in [-0.4, -0.2) is 40.7 Å². The number of thioether (sulfide) groups is 1. The Morgan fingerprint density at radius 1 is 1.44 bits per heavy atom. The Bertz CT molecular complexity index is 437. The van der Waals surface area contributed by atoms with Crippen molar-refractivity contribution in [1.29, 1.82) is 0 Å². The van der Waals surface area contributed by atoms with E-state index in [1.807, 2.05) is 13.8 Å². The van der Waals surface area contributed by atoms with Crippen LogP contribution in [0.15, 0.2) is 10.2 Å². The van der Waals surface area contributed by atoms with Crippen molar-refractivity contribution in [3.8, 4) is 0 Å². The van der Waals surface area contributed by atoms with E-state index in [-0.39, 0.29) is 5.84 Å². The number of ether oxygens (including phenoxy) is 1. The third-order valence-electron chi connectivity index (χ3n) is 2.52. The van der Waals surface area contributed by atoms with Crippen LogP contribution in [0.1, 0.15) is 23.2 Å². The minimum Gasteiger partial charge on any atom is -0.409 e. The van der Waals surface area contributed by atoms with Gasteiger partial charge >= 0.3 is 0 Å². The van der Waals surface area contributed by atoms with E-state index in [2.05, 4.69) is 15.4 Å². The van der Waals surface area contributed by atoms with Crippen LogP contribution in [0.5, 0.6) is 0 Å². The van der Waals surface area contributed by atoms with Crippen molar-refractivity contribution >= 4 is 17.6 Å². The van der Waals surface area contributed by atoms with Crippen LogP contribution in [0.25, 0.3) is 0 Å². The first-order chi connectivity index (χ1) is 8.61. The van der Waals surface area contributed by atoms with Crippen LogP contribution in [-0.2, 0) is 4.74 Å². The number of nitrogens with zero attached hydrogens (tertiary/aromatic N) is 3. The Kier molecular flexibility index (Phi) is 5.87. The second kappa shape index (κ2) is 7.17. The first kappa shape index (κ1) is 14.7. The van der Waals surface area contributed by atoms with Gasteiger partial charge in [-0.1, -0.05) is 5.16 Å². The minimum absolute atomic E-state index is 0.0692. The predicted octanol–water partition coefficient (Wildman–Crippen LogP) is 1.32. The topological polar surface area (TPSA) is 93.6 Å². The lowest BCUT2D eigenvalue weighted by atomic mass is 10.1. The molecule has 1 heterocycles. The summed E-state index contributed by atoms with van der Waals surface area (Å²) >= 11 is 1.53. The van der Waals surface area contributed by atoms with Gasteiger partial charge in [-0.25, -0.2) is 0 Å². The van der Waals surface area contributed by atoms with Crippen molar-refractivity contribution in [2.24, 2.45) is 10.9 Å². The highest BCUT2D eigenvalue weighted by molar-refractivity contribution is 7.99. The molecule has 0 unspecified atom stereocenters. The molecule has 0 saturated heterocycles. The molecule has 0 spiro atoms. The van der Waals surface area contributed by atoms with Crippen LogP contribution in [0.2, 0.25) is 0 Å². The van der Waals surface area contributed by atoms with Gasteiger partial charge in [0, 0.05) is 19.5 Å². The molecule has 1 aromatic rings. The number of aromatic nitrogens is 2. The zero-order valence-corrected chi connectivity index (χ0v) is 11.6. The molecule has 0 saturated carbocycles. The molecule has 0 atom stereocenters. The molecule has 3 N–H and O–H groups in total. The number of aryl methyl sites for hydroxylation is 1. The lowest BCUT2D eigenvalue weighted by Crippen LogP contribution is -2.18. The Morgan fingerprint density at radius 3 is 2.78 bits per heavy atom. The van der Waals surface area contributed by atoms with E-state index in [0.717, 1.165) is 23.4 Å². The molecule has 6 nitrogen and oxygen atoms in total. The predicted molar refractivity (Wildman–Crippen MR) is 71.2 cm³/mol. The highest BCUT2D eigenvalue weighted by atomic mass is 32.2. The van der Waals surface area contributed by atoms with Gasteiger partial charge in [0.15, 0.2) is 5.84 Å². The first-order valence-electron chi connectivity index (χ1n) is 5.55. The molecule has 0 aliphatic heterocycles. The van der Waals surface area contributed by atoms with E-state index in [1.165, 1.54) is 11.8 Å². The van der Waals surface area contributed by atoms with Crippen molar-refractivity contribution in [3.63, 3.8) is 0 Å². The van der Waals surface area contributed by atoms with E-state index in [9.17, 15) is 0 Å². The number of rotatable bonds is 6. The standard InChI is InChI=1S/C11H18N4O2S/c1-7-8(2)13-14-11(9(7)10(12)15-16)18-6-4-5-17-3/h16H,4-6H2,1-3H3,(H2,12,15). The fourth-order valence-corrected chi connectivity index (χ4v) is 2.37. The fourth-order valence-electron chi connectivity index (χ4n) is 1.41. The Morgan fingerprint density at radius 2 is 2.17 bits per heavy atom. The molecule has 1 aromatic heterocycles. The number of hydrogen-bond donors (Lipinski definition) is 2. The zero-order chi connectivity index (χ0) is 13.5. The van der Waals surface area contributed by atoms with E-state index in [0.29, 0.717) is 17.2 Å². The molecule has 0 bridgehead atoms. The second-order valence-corrected chi connectivity index (χ2v) is 4.85. The third kappa shape index (κ3) is 3.58. The van der Waals surface area contributed by atoms with Gasteiger partial charge in [0.25, 0.3) is 0 Å². The molecule has 0 radical (unpaired) electrons. The number of oxime groups is 1. The van der Waals surface area contributed by atoms with E-state index < -0.39 is 0 Å². The van der Waals surface area contributed by atoms with Crippen LogP contribution >= 0.6 is 11.8 Å². The molecule has 0 amide bonds. The van der Waals surface area contributed by atoms with Crippen LogP contribution in [0.3, 0.4) is 0 Å². The summed E-state index contributed by atoms with van der Waals surface area (Å²) in [4.78, 5) is 0. The molecule has 7 heteroatoms. The van der Waals surface area contributed by atoms with Gasteiger partial charge in [-0.05, 0) is 25.8 Å². The third-order valence-corrected chi connectivity index (χ3v) is 3.57. The molecule has 100 valence electrons. The number of nitrogens with two attached hydrogens (primary N) is 1. The van der Waals surface area contributed by atoms with Gasteiger partial charge in [0.2, 0.25) is 0 Å². The maximum Gasteiger partial charge on any atom is 0.173 e. The molecule has 1 rings (SSSR count). The van der Waals surface area contributed by atoms with Crippen LogP contribution in [0, 0.1) is 13.8 Å². The van der Waals surface area contributed by atoms with E-state index >= 15 is 0 Å². The summed E-state index contributed by atoms with van der Waals surface area (Å²) in [6.45, 7) is 4.43. The van der Waals surface area contributed by atoms with Gasteiger partial charge in [-0.15, -0.1) is 16.9 Å². The smallest absolute Gasteiger partial charge is 0.173 e. The molecule has 0 aliphatic carbocycles. The molecule has 0 aromatic carbocycles. The maximum absolute atomic E-state index is 8.82.